The van der Waals surface area contributed by atoms with Gasteiger partial charge in [0.15, 0.2) is 0 Å². The zero-order valence-electron chi connectivity index (χ0n) is 16.0. The molecule has 1 heterocycles. The molecule has 0 spiro atoms. The van der Waals surface area contributed by atoms with Crippen molar-refractivity contribution in [3.63, 3.8) is 0 Å². The molecule has 2 aromatic rings. The fourth-order valence-corrected chi connectivity index (χ4v) is 5.12. The summed E-state index contributed by atoms with van der Waals surface area (Å²) < 4.78 is 26.9. The van der Waals surface area contributed by atoms with Gasteiger partial charge in [-0.2, -0.15) is 4.31 Å². The van der Waals surface area contributed by atoms with Gasteiger partial charge in [0.2, 0.25) is 15.9 Å². The third-order valence-corrected chi connectivity index (χ3v) is 7.11. The van der Waals surface area contributed by atoms with Crippen molar-refractivity contribution in [3.05, 3.63) is 53.1 Å². The van der Waals surface area contributed by atoms with Gasteiger partial charge in [0.1, 0.15) is 0 Å². The number of anilines is 2. The van der Waals surface area contributed by atoms with Gasteiger partial charge in [0.05, 0.1) is 11.4 Å². The minimum Gasteiger partial charge on any atom is -0.362 e. The molecule has 0 fully saturated rings. The van der Waals surface area contributed by atoms with Gasteiger partial charge in [0, 0.05) is 36.0 Å². The topological polar surface area (TPSA) is 69.7 Å². The fourth-order valence-electron chi connectivity index (χ4n) is 3.42. The number of rotatable bonds is 7. The number of halogens is 1. The Kier molecular flexibility index (Phi) is 6.27. The molecule has 0 unspecified atom stereocenters. The van der Waals surface area contributed by atoms with Gasteiger partial charge in [-0.1, -0.05) is 31.5 Å². The van der Waals surface area contributed by atoms with E-state index in [9.17, 15) is 13.2 Å². The summed E-state index contributed by atoms with van der Waals surface area (Å²) in [5.41, 5.74) is 2.50. The maximum Gasteiger partial charge on any atom is 0.243 e. The Balaban J connectivity index is 1.73. The van der Waals surface area contributed by atoms with Gasteiger partial charge < -0.3 is 10.2 Å². The van der Waals surface area contributed by atoms with Crippen molar-refractivity contribution in [3.8, 4) is 0 Å². The van der Waals surface area contributed by atoms with E-state index in [1.165, 1.54) is 4.31 Å². The summed E-state index contributed by atoms with van der Waals surface area (Å²) >= 11 is 5.95. The zero-order valence-corrected chi connectivity index (χ0v) is 17.6. The molecule has 0 saturated heterocycles. The van der Waals surface area contributed by atoms with E-state index >= 15 is 0 Å². The van der Waals surface area contributed by atoms with Crippen LogP contribution in [0.25, 0.3) is 0 Å². The highest BCUT2D eigenvalue weighted by molar-refractivity contribution is 7.89. The zero-order chi connectivity index (χ0) is 20.3. The van der Waals surface area contributed by atoms with Crippen LogP contribution in [0.2, 0.25) is 5.02 Å². The average Bonchev–Trinajstić information content (AvgIpc) is 3.04. The van der Waals surface area contributed by atoms with E-state index in [1.54, 1.807) is 42.5 Å². The van der Waals surface area contributed by atoms with E-state index in [0.29, 0.717) is 41.7 Å². The first kappa shape index (κ1) is 20.6. The van der Waals surface area contributed by atoms with Gasteiger partial charge in [0.25, 0.3) is 0 Å². The first-order chi connectivity index (χ1) is 13.3. The van der Waals surface area contributed by atoms with E-state index in [1.807, 2.05) is 18.7 Å². The van der Waals surface area contributed by atoms with E-state index in [4.69, 9.17) is 11.6 Å². The number of hydrogen-bond donors (Lipinski definition) is 1. The van der Waals surface area contributed by atoms with Crippen molar-refractivity contribution >= 4 is 38.9 Å². The van der Waals surface area contributed by atoms with Crippen LogP contribution in [0.3, 0.4) is 0 Å². The van der Waals surface area contributed by atoms with Crippen LogP contribution >= 0.6 is 11.6 Å². The summed E-state index contributed by atoms with van der Waals surface area (Å²) in [7, 11) is -3.49. The van der Waals surface area contributed by atoms with E-state index in [-0.39, 0.29) is 12.5 Å². The first-order valence-corrected chi connectivity index (χ1v) is 11.1. The molecule has 2 aromatic carbocycles. The first-order valence-electron chi connectivity index (χ1n) is 9.28. The third-order valence-electron chi connectivity index (χ3n) is 4.83. The number of sulfonamides is 1. The Hall–Kier alpha value is -2.09. The Morgan fingerprint density at radius 2 is 1.93 bits per heavy atom. The van der Waals surface area contributed by atoms with Crippen LogP contribution < -0.4 is 10.2 Å². The number of nitrogens with zero attached hydrogens (tertiary/aromatic N) is 2. The van der Waals surface area contributed by atoms with E-state index in [2.05, 4.69) is 5.32 Å². The molecular formula is C20H24ClN3O3S. The molecule has 1 amide bonds. The Labute approximate surface area is 171 Å². The van der Waals surface area contributed by atoms with Crippen LogP contribution in [0.1, 0.15) is 19.4 Å². The van der Waals surface area contributed by atoms with Gasteiger partial charge in [-0.15, -0.1) is 0 Å². The van der Waals surface area contributed by atoms with Crippen molar-refractivity contribution in [1.82, 2.24) is 4.31 Å². The molecule has 8 heteroatoms. The van der Waals surface area contributed by atoms with Crippen LogP contribution in [-0.2, 0) is 21.2 Å². The third kappa shape index (κ3) is 4.32. The lowest BCUT2D eigenvalue weighted by Crippen LogP contribution is -2.32. The predicted octanol–water partition coefficient (Wildman–Crippen LogP) is 3.37. The molecule has 1 aliphatic rings. The second kappa shape index (κ2) is 8.51. The van der Waals surface area contributed by atoms with Gasteiger partial charge in [-0.25, -0.2) is 8.42 Å². The van der Waals surface area contributed by atoms with Crippen molar-refractivity contribution in [2.45, 2.75) is 25.2 Å². The summed E-state index contributed by atoms with van der Waals surface area (Å²) in [4.78, 5) is 14.7. The van der Waals surface area contributed by atoms with E-state index < -0.39 is 10.0 Å². The molecule has 0 atom stereocenters. The van der Waals surface area contributed by atoms with Crippen LogP contribution in [0.5, 0.6) is 0 Å². The van der Waals surface area contributed by atoms with Crippen LogP contribution in [0, 0.1) is 0 Å². The van der Waals surface area contributed by atoms with Gasteiger partial charge in [-0.05, 0) is 48.4 Å². The van der Waals surface area contributed by atoms with Gasteiger partial charge in [-0.3, -0.25) is 4.79 Å². The van der Waals surface area contributed by atoms with Gasteiger partial charge >= 0.3 is 0 Å². The summed E-state index contributed by atoms with van der Waals surface area (Å²) in [6.07, 6.45) is 0.710. The number of carbonyl (C=O) groups is 1. The molecule has 0 aromatic heterocycles. The molecule has 0 saturated carbocycles. The van der Waals surface area contributed by atoms with Crippen molar-refractivity contribution in [1.29, 1.82) is 0 Å². The average molecular weight is 422 g/mol. The molecule has 0 bridgehead atoms. The lowest BCUT2D eigenvalue weighted by molar-refractivity contribution is -0.115. The number of carbonyl (C=O) groups excluding carboxylic acids is 1. The number of hydrogen-bond acceptors (Lipinski definition) is 4. The lowest BCUT2D eigenvalue weighted by atomic mass is 10.2. The maximum atomic E-state index is 12.7. The Morgan fingerprint density at radius 1 is 1.18 bits per heavy atom. The largest absolute Gasteiger partial charge is 0.362 e. The molecule has 28 heavy (non-hydrogen) atoms. The van der Waals surface area contributed by atoms with Crippen LogP contribution in [0.15, 0.2) is 47.4 Å². The summed E-state index contributed by atoms with van der Waals surface area (Å²) in [6, 6.07) is 12.2. The standard InChI is InChI=1S/C20H24ClN3O3S/c1-3-24(4-2)28(26,27)18-8-9-19-15(12-18)10-11-23(19)14-20(25)22-17-7-5-6-16(21)13-17/h5-9,12-13H,3-4,10-11,14H2,1-2H3,(H,22,25). The molecule has 150 valence electrons. The second-order valence-electron chi connectivity index (χ2n) is 6.61. The highest BCUT2D eigenvalue weighted by Gasteiger charge is 2.26. The minimum atomic E-state index is -3.49. The molecule has 3 rings (SSSR count). The predicted molar refractivity (Wildman–Crippen MR) is 113 cm³/mol. The monoisotopic (exact) mass is 421 g/mol. The molecule has 0 aliphatic carbocycles. The summed E-state index contributed by atoms with van der Waals surface area (Å²) in [6.45, 7) is 5.40. The molecule has 0 radical (unpaired) electrons. The quantitative estimate of drug-likeness (QED) is 0.744. The fraction of sp³-hybridized carbons (Fsp3) is 0.350. The molecule has 1 aliphatic heterocycles. The van der Waals surface area contributed by atoms with Crippen LogP contribution in [0.4, 0.5) is 11.4 Å². The maximum absolute atomic E-state index is 12.7. The molecule has 6 nitrogen and oxygen atoms in total. The van der Waals surface area contributed by atoms with Crippen molar-refractivity contribution in [2.75, 3.05) is 36.4 Å². The second-order valence-corrected chi connectivity index (χ2v) is 8.98. The summed E-state index contributed by atoms with van der Waals surface area (Å²) in [5.74, 6) is -0.144. The summed E-state index contributed by atoms with van der Waals surface area (Å²) in [5, 5.41) is 3.40. The number of fused-ring (bicyclic) bond motifs is 1. The van der Waals surface area contributed by atoms with Crippen LogP contribution in [-0.4, -0.2) is 44.8 Å². The molecule has 1 N–H and O–H groups in total. The highest BCUT2D eigenvalue weighted by Crippen LogP contribution is 2.31. The Morgan fingerprint density at radius 3 is 2.61 bits per heavy atom. The minimum absolute atomic E-state index is 0.144. The van der Waals surface area contributed by atoms with Crippen molar-refractivity contribution in [2.24, 2.45) is 0 Å². The number of benzene rings is 2. The SMILES string of the molecule is CCN(CC)S(=O)(=O)c1ccc2c(c1)CCN2CC(=O)Nc1cccc(Cl)c1. The number of amides is 1. The lowest BCUT2D eigenvalue weighted by Gasteiger charge is -2.21. The van der Waals surface area contributed by atoms with E-state index in [0.717, 1.165) is 11.3 Å². The number of nitrogens with one attached hydrogen (secondary N) is 1. The highest BCUT2D eigenvalue weighted by atomic mass is 35.5. The Bertz CT molecular complexity index is 974. The normalized spacial score (nSPS) is 13.6. The molecular weight excluding hydrogens is 398 g/mol. The smallest absolute Gasteiger partial charge is 0.243 e. The van der Waals surface area contributed by atoms with Crippen molar-refractivity contribution < 1.29 is 13.2 Å².